The van der Waals surface area contributed by atoms with E-state index in [2.05, 4.69) is 47.9 Å². The lowest BCUT2D eigenvalue weighted by Crippen LogP contribution is -2.67. The predicted octanol–water partition coefficient (Wildman–Crippen LogP) is 0.106. The maximum absolute atomic E-state index is 13.9. The van der Waals surface area contributed by atoms with Crippen LogP contribution in [0.3, 0.4) is 0 Å². The molecule has 0 saturated carbocycles. The Morgan fingerprint density at radius 2 is 0.913 bits per heavy atom. The minimum atomic E-state index is -1.67. The Kier molecular flexibility index (Phi) is 21.0. The molecular weight excluding hydrogens is 897 g/mol. The smallest absolute Gasteiger partial charge is 0.302 e. The van der Waals surface area contributed by atoms with Gasteiger partial charge in [0.25, 0.3) is 0 Å². The molecule has 9 N–H and O–H groups in total. The molecule has 0 aromatic heterocycles. The molecule has 0 radical (unpaired) electrons. The molecule has 1 aliphatic rings. The number of amides is 10. The minimum absolute atomic E-state index is 0.0344. The molecule has 392 valence electrons. The molecule has 22 heteroatoms. The highest BCUT2D eigenvalue weighted by Crippen LogP contribution is 2.22. The van der Waals surface area contributed by atoms with Crippen molar-refractivity contribution in [3.8, 4) is 0 Å². The van der Waals surface area contributed by atoms with Crippen molar-refractivity contribution < 1.29 is 57.5 Å². The van der Waals surface area contributed by atoms with Gasteiger partial charge in [0.1, 0.15) is 58.0 Å². The van der Waals surface area contributed by atoms with E-state index in [4.69, 9.17) is 4.74 Å². The third kappa shape index (κ3) is 17.6. The summed E-state index contributed by atoms with van der Waals surface area (Å²) >= 11 is 0. The van der Waals surface area contributed by atoms with E-state index in [0.717, 1.165) is 0 Å². The highest BCUT2D eigenvalue weighted by atomic mass is 16.5. The molecule has 0 aliphatic carbocycles. The number of likely N-dealkylation sites (tertiary alicyclic amines) is 1. The van der Waals surface area contributed by atoms with Crippen LogP contribution in [-0.2, 0) is 57.5 Å². The molecule has 1 aliphatic heterocycles. The van der Waals surface area contributed by atoms with Gasteiger partial charge in [-0.25, -0.2) is 0 Å². The van der Waals surface area contributed by atoms with Crippen LogP contribution >= 0.6 is 0 Å². The third-order valence-corrected chi connectivity index (χ3v) is 11.9. The largest absolute Gasteiger partial charge is 0.464 e. The highest BCUT2D eigenvalue weighted by Gasteiger charge is 2.44. The molecule has 69 heavy (non-hydrogen) atoms. The van der Waals surface area contributed by atoms with Crippen LogP contribution in [0.4, 0.5) is 0 Å². The van der Waals surface area contributed by atoms with Gasteiger partial charge in [0.2, 0.25) is 59.1 Å². The first kappa shape index (κ1) is 61.2. The van der Waals surface area contributed by atoms with Crippen LogP contribution in [0.1, 0.15) is 151 Å². The van der Waals surface area contributed by atoms with Crippen molar-refractivity contribution in [1.82, 2.24) is 52.8 Å². The summed E-state index contributed by atoms with van der Waals surface area (Å²) in [7, 11) is 0. The number of nitrogens with one attached hydrogen (secondary N) is 9. The van der Waals surface area contributed by atoms with Crippen LogP contribution < -0.4 is 47.9 Å². The minimum Gasteiger partial charge on any atom is -0.464 e. The van der Waals surface area contributed by atoms with Crippen molar-refractivity contribution in [2.24, 2.45) is 11.8 Å². The normalized spacial score (nSPS) is 16.3. The monoisotopic (exact) mass is 979 g/mol. The number of rotatable bonds is 23. The molecule has 22 nitrogen and oxygen atoms in total. The van der Waals surface area contributed by atoms with E-state index >= 15 is 0 Å². The lowest BCUT2D eigenvalue weighted by molar-refractivity contribution is -0.148. The first-order valence-corrected chi connectivity index (χ1v) is 23.4. The molecule has 1 saturated heterocycles. The van der Waals surface area contributed by atoms with Crippen LogP contribution in [0.2, 0.25) is 0 Å². The van der Waals surface area contributed by atoms with E-state index in [9.17, 15) is 52.7 Å². The standard InChI is InChI=1S/C47H82N10O12/c1-20-26(4)32(50-37(64)42(8,9)53-34(61)31(25(2)3)49-38(65)44(12,13)55-39(66)45(14,15)51-28(6)58)35(62)54-46(16,17)40(67)56-43(10,11)36(63)48-27(5)33(60)52-47(18,19)41(68)57-23-21-22-30(57)24-69-29(7)59/h25-27,30-32H,20-24H2,1-19H3,(H,48,63)(H,49,65)(H,50,64)(H,51,58)(H,52,60)(H,53,61)(H,54,62)(H,55,66)(H,56,67)/t26?,27-,30-,31-,32-/m0/s1. The Hall–Kier alpha value is -5.83. The fourth-order valence-electron chi connectivity index (χ4n) is 7.02. The van der Waals surface area contributed by atoms with Crippen LogP contribution in [-0.4, -0.2) is 140 Å². The summed E-state index contributed by atoms with van der Waals surface area (Å²) in [6.45, 7) is 28.5. The fraction of sp³-hybridized carbons (Fsp3) is 0.766. The number of carbonyl (C=O) groups is 11. The summed E-state index contributed by atoms with van der Waals surface area (Å²) in [6.07, 6.45) is 1.74. The number of nitrogens with zero attached hydrogens (tertiary/aromatic N) is 1. The highest BCUT2D eigenvalue weighted by molar-refractivity contribution is 6.01. The lowest BCUT2D eigenvalue weighted by Gasteiger charge is -2.36. The van der Waals surface area contributed by atoms with Crippen LogP contribution in [0.25, 0.3) is 0 Å². The summed E-state index contributed by atoms with van der Waals surface area (Å²) in [5, 5.41) is 23.6. The first-order valence-electron chi connectivity index (χ1n) is 23.4. The van der Waals surface area contributed by atoms with E-state index in [-0.39, 0.29) is 18.6 Å². The van der Waals surface area contributed by atoms with Crippen molar-refractivity contribution in [3.63, 3.8) is 0 Å². The molecule has 0 aromatic carbocycles. The molecule has 10 amide bonds. The second-order valence-electron chi connectivity index (χ2n) is 21.6. The zero-order valence-electron chi connectivity index (χ0n) is 44.3. The topological polar surface area (TPSA) is 309 Å². The molecule has 0 spiro atoms. The Morgan fingerprint density at radius 3 is 1.35 bits per heavy atom. The summed E-state index contributed by atoms with van der Waals surface area (Å²) in [4.78, 5) is 147. The molecule has 1 rings (SSSR count). The zero-order chi connectivity index (χ0) is 54.0. The van der Waals surface area contributed by atoms with E-state index in [1.54, 1.807) is 32.6 Å². The van der Waals surface area contributed by atoms with Crippen LogP contribution in [0.15, 0.2) is 0 Å². The van der Waals surface area contributed by atoms with Gasteiger partial charge in [0.05, 0.1) is 6.04 Å². The van der Waals surface area contributed by atoms with Gasteiger partial charge in [-0.1, -0.05) is 34.1 Å². The molecule has 0 bridgehead atoms. The molecule has 5 atom stereocenters. The summed E-state index contributed by atoms with van der Waals surface area (Å²) < 4.78 is 5.12. The fourth-order valence-corrected chi connectivity index (χ4v) is 7.02. The summed E-state index contributed by atoms with van der Waals surface area (Å²) in [6, 6.07) is -3.89. The van der Waals surface area contributed by atoms with E-state index in [1.807, 2.05) is 0 Å². The van der Waals surface area contributed by atoms with Gasteiger partial charge >= 0.3 is 5.97 Å². The Bertz CT molecular complexity index is 1980. The maximum Gasteiger partial charge on any atom is 0.302 e. The maximum atomic E-state index is 13.9. The van der Waals surface area contributed by atoms with Gasteiger partial charge in [-0.15, -0.1) is 0 Å². The van der Waals surface area contributed by atoms with E-state index < -0.39 is 122 Å². The number of hydrogen-bond acceptors (Lipinski definition) is 12. The average Bonchev–Trinajstić information content (AvgIpc) is 3.67. The Balaban J connectivity index is 3.06. The van der Waals surface area contributed by atoms with E-state index in [0.29, 0.717) is 25.8 Å². The molecular formula is C47H82N10O12. The predicted molar refractivity (Wildman–Crippen MR) is 256 cm³/mol. The zero-order valence-corrected chi connectivity index (χ0v) is 44.3. The van der Waals surface area contributed by atoms with Gasteiger partial charge < -0.3 is 57.5 Å². The second-order valence-corrected chi connectivity index (χ2v) is 21.6. The van der Waals surface area contributed by atoms with Crippen LogP contribution in [0, 0.1) is 11.8 Å². The summed E-state index contributed by atoms with van der Waals surface area (Å²) in [5.74, 6) is -8.08. The third-order valence-electron chi connectivity index (χ3n) is 11.9. The van der Waals surface area contributed by atoms with Crippen LogP contribution in [0.5, 0.6) is 0 Å². The Morgan fingerprint density at radius 1 is 0.522 bits per heavy atom. The van der Waals surface area contributed by atoms with Gasteiger partial charge in [-0.3, -0.25) is 52.7 Å². The van der Waals surface area contributed by atoms with Crippen molar-refractivity contribution in [2.45, 2.75) is 208 Å². The number of ether oxygens (including phenoxy) is 1. The van der Waals surface area contributed by atoms with E-state index in [1.165, 1.54) is 104 Å². The second kappa shape index (κ2) is 23.7. The van der Waals surface area contributed by atoms with Crippen molar-refractivity contribution >= 4 is 65.0 Å². The molecule has 1 fully saturated rings. The summed E-state index contributed by atoms with van der Waals surface area (Å²) in [5.41, 5.74) is -9.22. The molecule has 1 unspecified atom stereocenters. The van der Waals surface area contributed by atoms with Gasteiger partial charge in [0.15, 0.2) is 0 Å². The van der Waals surface area contributed by atoms with Crippen molar-refractivity contribution in [1.29, 1.82) is 0 Å². The van der Waals surface area contributed by atoms with Gasteiger partial charge in [0, 0.05) is 20.4 Å². The molecule has 1 heterocycles. The average molecular weight is 979 g/mol. The lowest BCUT2D eigenvalue weighted by atomic mass is 9.93. The quantitative estimate of drug-likeness (QED) is 0.0617. The van der Waals surface area contributed by atoms with Gasteiger partial charge in [-0.2, -0.15) is 0 Å². The molecule has 0 aromatic rings. The Labute approximate surface area is 407 Å². The number of carbonyl (C=O) groups excluding carboxylic acids is 11. The number of esters is 1. The van der Waals surface area contributed by atoms with Gasteiger partial charge in [-0.05, 0) is 115 Å². The SMILES string of the molecule is CCC(C)[C@H](NC(=O)C(C)(C)NC(=O)[C@@H](NC(=O)C(C)(C)NC(=O)C(C)(C)NC(C)=O)C(C)C)C(=O)NC(C)(C)C(=O)NC(C)(C)C(=O)N[C@@H](C)C(=O)NC(C)(C)C(=O)N1CCC[C@H]1COC(C)=O. The first-order chi connectivity index (χ1) is 31.1. The number of hydrogen-bond donors (Lipinski definition) is 9. The van der Waals surface area contributed by atoms with Crippen molar-refractivity contribution in [2.75, 3.05) is 13.2 Å². The van der Waals surface area contributed by atoms with Crippen molar-refractivity contribution in [3.05, 3.63) is 0 Å².